The first-order valence-corrected chi connectivity index (χ1v) is 14.0. The molecule has 5 rings (SSSR count). The molecule has 10 heteroatoms. The Morgan fingerprint density at radius 2 is 1.78 bits per heavy atom. The van der Waals surface area contributed by atoms with E-state index in [1.54, 1.807) is 28.8 Å². The van der Waals surface area contributed by atoms with Crippen LogP contribution in [0.3, 0.4) is 0 Å². The number of piperidine rings is 1. The monoisotopic (exact) mass is 525 g/mol. The Bertz CT molecular complexity index is 1520. The summed E-state index contributed by atoms with van der Waals surface area (Å²) in [7, 11) is -3.78. The summed E-state index contributed by atoms with van der Waals surface area (Å²) in [6.45, 7) is 7.76. The summed E-state index contributed by atoms with van der Waals surface area (Å²) in [4.78, 5) is 26.6. The summed E-state index contributed by atoms with van der Waals surface area (Å²) in [5, 5.41) is 3.00. The zero-order chi connectivity index (χ0) is 26.3. The molecule has 2 atom stereocenters. The van der Waals surface area contributed by atoms with Crippen LogP contribution >= 0.6 is 0 Å². The largest absolute Gasteiger partial charge is 0.454 e. The fraction of sp³-hybridized carbons (Fsp3) is 0.407. The van der Waals surface area contributed by atoms with Crippen LogP contribution in [0, 0.1) is 11.8 Å². The van der Waals surface area contributed by atoms with Crippen LogP contribution < -0.4 is 20.2 Å². The van der Waals surface area contributed by atoms with Crippen LogP contribution in [0.5, 0.6) is 11.5 Å². The molecule has 3 aromatic rings. The van der Waals surface area contributed by atoms with Gasteiger partial charge in [-0.05, 0) is 61.1 Å². The van der Waals surface area contributed by atoms with E-state index in [0.717, 1.165) is 12.0 Å². The highest BCUT2D eigenvalue weighted by Crippen LogP contribution is 2.32. The average molecular weight is 526 g/mol. The molecule has 37 heavy (non-hydrogen) atoms. The summed E-state index contributed by atoms with van der Waals surface area (Å²) < 4.78 is 40.9. The van der Waals surface area contributed by atoms with Crippen molar-refractivity contribution in [1.82, 2.24) is 14.2 Å². The summed E-state index contributed by atoms with van der Waals surface area (Å²) in [5.41, 5.74) is 0.844. The van der Waals surface area contributed by atoms with E-state index >= 15 is 0 Å². The number of aromatic nitrogens is 1. The number of carbonyl (C=O) groups is 1. The van der Waals surface area contributed by atoms with Gasteiger partial charge >= 0.3 is 0 Å². The maximum absolute atomic E-state index is 13.5. The van der Waals surface area contributed by atoms with Gasteiger partial charge in [-0.25, -0.2) is 8.42 Å². The number of carbonyl (C=O) groups excluding carboxylic acids is 1. The third-order valence-corrected chi connectivity index (χ3v) is 8.83. The Balaban J connectivity index is 1.46. The lowest BCUT2D eigenvalue weighted by Gasteiger charge is -2.34. The Morgan fingerprint density at radius 1 is 1.05 bits per heavy atom. The molecule has 0 bridgehead atoms. The van der Waals surface area contributed by atoms with Gasteiger partial charge in [0.15, 0.2) is 11.5 Å². The molecule has 1 N–H and O–H groups in total. The van der Waals surface area contributed by atoms with Crippen molar-refractivity contribution in [2.45, 2.75) is 45.2 Å². The van der Waals surface area contributed by atoms with E-state index in [2.05, 4.69) is 5.32 Å². The van der Waals surface area contributed by atoms with Crippen molar-refractivity contribution in [3.05, 3.63) is 63.9 Å². The highest BCUT2D eigenvalue weighted by Gasteiger charge is 2.32. The Labute approximate surface area is 216 Å². The number of nitrogens with zero attached hydrogens (tertiary/aromatic N) is 2. The minimum atomic E-state index is -3.78. The van der Waals surface area contributed by atoms with Crippen molar-refractivity contribution in [2.75, 3.05) is 19.9 Å². The molecule has 1 saturated heterocycles. The molecule has 1 fully saturated rings. The second-order valence-corrected chi connectivity index (χ2v) is 11.9. The third kappa shape index (κ3) is 4.83. The van der Waals surface area contributed by atoms with E-state index in [4.69, 9.17) is 9.47 Å². The van der Waals surface area contributed by atoms with Crippen LogP contribution in [0.25, 0.3) is 10.9 Å². The van der Waals surface area contributed by atoms with Gasteiger partial charge in [0.05, 0.1) is 10.4 Å². The van der Waals surface area contributed by atoms with Crippen LogP contribution in [-0.2, 0) is 23.1 Å². The highest BCUT2D eigenvalue weighted by atomic mass is 32.2. The molecule has 0 aliphatic carbocycles. The minimum absolute atomic E-state index is 0.0372. The standard InChI is InChI=1S/C27H31N3O6S/c1-4-29-15-22(27(32)28-12-19-5-8-24-25(10-19)36-16-35-24)26(31)21-11-20(6-7-23(21)29)37(33,34)30-13-17(2)9-18(3)14-30/h5-8,10-11,15,17-18H,4,9,12-14,16H2,1-3H3,(H,28,32)/t17-,18+. The summed E-state index contributed by atoms with van der Waals surface area (Å²) >= 11 is 0. The summed E-state index contributed by atoms with van der Waals surface area (Å²) in [6.07, 6.45) is 2.51. The van der Waals surface area contributed by atoms with Crippen LogP contribution in [0.4, 0.5) is 0 Å². The number of pyridine rings is 1. The molecule has 1 aromatic heterocycles. The van der Waals surface area contributed by atoms with E-state index in [0.29, 0.717) is 36.6 Å². The van der Waals surface area contributed by atoms with Crippen LogP contribution in [-0.4, -0.2) is 43.1 Å². The zero-order valence-electron chi connectivity index (χ0n) is 21.2. The molecule has 2 aliphatic rings. The quantitative estimate of drug-likeness (QED) is 0.529. The predicted molar refractivity (Wildman–Crippen MR) is 139 cm³/mol. The number of aryl methyl sites for hydroxylation is 1. The maximum atomic E-state index is 13.5. The molecule has 9 nitrogen and oxygen atoms in total. The maximum Gasteiger partial charge on any atom is 0.257 e. The first-order valence-electron chi connectivity index (χ1n) is 12.5. The van der Waals surface area contributed by atoms with Crippen molar-refractivity contribution >= 4 is 26.8 Å². The third-order valence-electron chi connectivity index (χ3n) is 7.00. The fourth-order valence-corrected chi connectivity index (χ4v) is 6.95. The number of fused-ring (bicyclic) bond motifs is 2. The number of hydrogen-bond acceptors (Lipinski definition) is 6. The number of nitrogens with one attached hydrogen (secondary N) is 1. The van der Waals surface area contributed by atoms with E-state index in [1.165, 1.54) is 16.6 Å². The van der Waals surface area contributed by atoms with Crippen molar-refractivity contribution in [3.63, 3.8) is 0 Å². The number of ether oxygens (including phenoxy) is 2. The molecule has 3 heterocycles. The van der Waals surface area contributed by atoms with Crippen LogP contribution in [0.1, 0.15) is 43.1 Å². The molecule has 2 aliphatic heterocycles. The average Bonchev–Trinajstić information content (AvgIpc) is 3.35. The Hall–Kier alpha value is -3.37. The van der Waals surface area contributed by atoms with Gasteiger partial charge in [0.1, 0.15) is 5.56 Å². The molecular formula is C27H31N3O6S. The lowest BCUT2D eigenvalue weighted by atomic mass is 9.94. The first-order chi connectivity index (χ1) is 17.7. The summed E-state index contributed by atoms with van der Waals surface area (Å²) in [5.74, 6) is 1.25. The molecule has 1 amide bonds. The lowest BCUT2D eigenvalue weighted by Crippen LogP contribution is -2.42. The number of sulfonamides is 1. The van der Waals surface area contributed by atoms with Crippen molar-refractivity contribution < 1.29 is 22.7 Å². The normalized spacial score (nSPS) is 19.8. The number of amides is 1. The van der Waals surface area contributed by atoms with Crippen molar-refractivity contribution in [3.8, 4) is 11.5 Å². The van der Waals surface area contributed by atoms with Gasteiger partial charge in [-0.1, -0.05) is 19.9 Å². The van der Waals surface area contributed by atoms with E-state index in [1.807, 2.05) is 26.8 Å². The topological polar surface area (TPSA) is 107 Å². The molecule has 0 saturated carbocycles. The highest BCUT2D eigenvalue weighted by molar-refractivity contribution is 7.89. The summed E-state index contributed by atoms with van der Waals surface area (Å²) in [6, 6.07) is 9.99. The Kier molecular flexibility index (Phi) is 6.72. The smallest absolute Gasteiger partial charge is 0.257 e. The van der Waals surface area contributed by atoms with Gasteiger partial charge in [-0.3, -0.25) is 9.59 Å². The van der Waals surface area contributed by atoms with Gasteiger partial charge < -0.3 is 19.4 Å². The second kappa shape index (κ2) is 9.83. The first kappa shape index (κ1) is 25.3. The van der Waals surface area contributed by atoms with Gasteiger partial charge in [0, 0.05) is 37.8 Å². The van der Waals surface area contributed by atoms with Gasteiger partial charge in [-0.15, -0.1) is 0 Å². The Morgan fingerprint density at radius 3 is 2.51 bits per heavy atom. The number of benzene rings is 2. The van der Waals surface area contributed by atoms with E-state index in [-0.39, 0.29) is 41.0 Å². The number of rotatable bonds is 6. The number of hydrogen-bond donors (Lipinski definition) is 1. The van der Waals surface area contributed by atoms with E-state index < -0.39 is 21.4 Å². The fourth-order valence-electron chi connectivity index (χ4n) is 5.24. The second-order valence-electron chi connectivity index (χ2n) is 9.98. The van der Waals surface area contributed by atoms with Crippen LogP contribution in [0.2, 0.25) is 0 Å². The molecular weight excluding hydrogens is 494 g/mol. The molecule has 0 unspecified atom stereocenters. The minimum Gasteiger partial charge on any atom is -0.454 e. The van der Waals surface area contributed by atoms with Crippen LogP contribution in [0.15, 0.2) is 52.3 Å². The SMILES string of the molecule is CCn1cc(C(=O)NCc2ccc3c(c2)OCO3)c(=O)c2cc(S(=O)(=O)N3C[C@H](C)C[C@H](C)C3)ccc21. The van der Waals surface area contributed by atoms with Gasteiger partial charge in [0.2, 0.25) is 22.2 Å². The van der Waals surface area contributed by atoms with Gasteiger partial charge in [0.25, 0.3) is 5.91 Å². The lowest BCUT2D eigenvalue weighted by molar-refractivity contribution is 0.0949. The zero-order valence-corrected chi connectivity index (χ0v) is 22.0. The van der Waals surface area contributed by atoms with Gasteiger partial charge in [-0.2, -0.15) is 4.31 Å². The molecule has 0 spiro atoms. The van der Waals surface area contributed by atoms with E-state index in [9.17, 15) is 18.0 Å². The molecule has 196 valence electrons. The molecule has 2 aromatic carbocycles. The molecule has 0 radical (unpaired) electrons. The van der Waals surface area contributed by atoms with Crippen molar-refractivity contribution in [1.29, 1.82) is 0 Å². The predicted octanol–water partition coefficient (Wildman–Crippen LogP) is 3.35. The van der Waals surface area contributed by atoms with Crippen molar-refractivity contribution in [2.24, 2.45) is 11.8 Å².